The zero-order chi connectivity index (χ0) is 14.8. The highest BCUT2D eigenvalue weighted by Gasteiger charge is 2.26. The van der Waals surface area contributed by atoms with E-state index in [1.807, 2.05) is 37.3 Å². The third kappa shape index (κ3) is 2.77. The lowest BCUT2D eigenvalue weighted by Gasteiger charge is -2.29. The van der Waals surface area contributed by atoms with E-state index in [0.29, 0.717) is 13.1 Å². The summed E-state index contributed by atoms with van der Waals surface area (Å²) in [6.45, 7) is 3.28. The molecule has 0 unspecified atom stereocenters. The first-order valence-corrected chi connectivity index (χ1v) is 7.22. The summed E-state index contributed by atoms with van der Waals surface area (Å²) < 4.78 is 5.86. The van der Waals surface area contributed by atoms with Crippen molar-refractivity contribution in [1.29, 1.82) is 0 Å². The van der Waals surface area contributed by atoms with Crippen LogP contribution in [0.1, 0.15) is 30.4 Å². The number of nitrogens with zero attached hydrogens (tertiary/aromatic N) is 2. The minimum Gasteiger partial charge on any atom is -0.445 e. The molecule has 110 valence electrons. The molecule has 5 heteroatoms. The maximum Gasteiger partial charge on any atom is 0.314 e. The smallest absolute Gasteiger partial charge is 0.314 e. The summed E-state index contributed by atoms with van der Waals surface area (Å²) in [5, 5.41) is 0. The maximum absolute atomic E-state index is 11.1. The molecule has 1 saturated heterocycles. The topological polar surface area (TPSA) is 72.4 Å². The van der Waals surface area contributed by atoms with Crippen LogP contribution in [0.25, 0.3) is 11.3 Å². The number of aromatic nitrogens is 1. The summed E-state index contributed by atoms with van der Waals surface area (Å²) in [6.07, 6.45) is 1.69. The number of likely N-dealkylation sites (tertiary alicyclic amines) is 1. The van der Waals surface area contributed by atoms with Crippen molar-refractivity contribution in [3.63, 3.8) is 0 Å². The van der Waals surface area contributed by atoms with Crippen molar-refractivity contribution in [1.82, 2.24) is 9.88 Å². The molecule has 2 heterocycles. The fourth-order valence-electron chi connectivity index (χ4n) is 2.80. The van der Waals surface area contributed by atoms with E-state index in [4.69, 9.17) is 10.2 Å². The molecule has 0 saturated carbocycles. The lowest BCUT2D eigenvalue weighted by molar-refractivity contribution is 0.186. The van der Waals surface area contributed by atoms with E-state index < -0.39 is 0 Å². The third-order valence-electron chi connectivity index (χ3n) is 4.02. The number of rotatable bonds is 2. The lowest BCUT2D eigenvalue weighted by atomic mass is 9.97. The number of oxazole rings is 1. The van der Waals surface area contributed by atoms with E-state index in [2.05, 4.69) is 4.98 Å². The minimum absolute atomic E-state index is 0.261. The molecule has 0 atom stereocenters. The summed E-state index contributed by atoms with van der Waals surface area (Å²) in [6, 6.07) is 9.69. The Morgan fingerprint density at radius 2 is 1.95 bits per heavy atom. The number of benzene rings is 1. The van der Waals surface area contributed by atoms with Crippen LogP contribution in [-0.2, 0) is 0 Å². The summed E-state index contributed by atoms with van der Waals surface area (Å²) in [5.41, 5.74) is 7.28. The van der Waals surface area contributed by atoms with Gasteiger partial charge in [0.2, 0.25) is 0 Å². The van der Waals surface area contributed by atoms with Crippen molar-refractivity contribution in [2.45, 2.75) is 25.7 Å². The average Bonchev–Trinajstić information content (AvgIpc) is 2.90. The van der Waals surface area contributed by atoms with Gasteiger partial charge in [0.1, 0.15) is 11.5 Å². The number of amides is 2. The van der Waals surface area contributed by atoms with Crippen LogP contribution in [0.5, 0.6) is 0 Å². The van der Waals surface area contributed by atoms with Crippen molar-refractivity contribution in [2.24, 2.45) is 5.73 Å². The fraction of sp³-hybridized carbons (Fsp3) is 0.375. The second kappa shape index (κ2) is 5.60. The molecule has 21 heavy (non-hydrogen) atoms. The van der Waals surface area contributed by atoms with E-state index in [1.165, 1.54) is 0 Å². The quantitative estimate of drug-likeness (QED) is 0.922. The number of urea groups is 1. The molecule has 1 aromatic carbocycles. The number of nitrogens with two attached hydrogens (primary N) is 1. The molecule has 0 bridgehead atoms. The molecule has 2 N–H and O–H groups in total. The zero-order valence-corrected chi connectivity index (χ0v) is 12.1. The Hall–Kier alpha value is -2.30. The Bertz CT molecular complexity index is 628. The SMILES string of the molecule is Cc1oc(C2CCN(C(N)=O)CC2)nc1-c1ccccc1. The van der Waals surface area contributed by atoms with E-state index in [-0.39, 0.29) is 11.9 Å². The van der Waals surface area contributed by atoms with Crippen LogP contribution in [0, 0.1) is 6.92 Å². The maximum atomic E-state index is 11.1. The number of carbonyl (C=O) groups is 1. The van der Waals surface area contributed by atoms with E-state index in [9.17, 15) is 4.79 Å². The standard InChI is InChI=1S/C16H19N3O2/c1-11-14(12-5-3-2-4-6-12)18-15(21-11)13-7-9-19(10-8-13)16(17)20/h2-6,13H,7-10H2,1H3,(H2,17,20). The number of hydrogen-bond acceptors (Lipinski definition) is 3. The number of primary amides is 1. The first-order valence-electron chi connectivity index (χ1n) is 7.22. The molecule has 0 aliphatic carbocycles. The first-order chi connectivity index (χ1) is 10.1. The van der Waals surface area contributed by atoms with Gasteiger partial charge >= 0.3 is 6.03 Å². The lowest BCUT2D eigenvalue weighted by Crippen LogP contribution is -2.41. The van der Waals surface area contributed by atoms with Crippen LogP contribution in [0.2, 0.25) is 0 Å². The molecule has 2 amide bonds. The first kappa shape index (κ1) is 13.7. The van der Waals surface area contributed by atoms with E-state index >= 15 is 0 Å². The molecule has 3 rings (SSSR count). The zero-order valence-electron chi connectivity index (χ0n) is 12.1. The number of aryl methyl sites for hydroxylation is 1. The van der Waals surface area contributed by atoms with Gasteiger partial charge in [0, 0.05) is 24.6 Å². The number of piperidine rings is 1. The molecule has 0 spiro atoms. The van der Waals surface area contributed by atoms with Crippen molar-refractivity contribution >= 4 is 6.03 Å². The molecule has 1 aliphatic rings. The van der Waals surface area contributed by atoms with E-state index in [0.717, 1.165) is 35.7 Å². The van der Waals surface area contributed by atoms with Crippen LogP contribution < -0.4 is 5.73 Å². The van der Waals surface area contributed by atoms with Crippen molar-refractivity contribution in [2.75, 3.05) is 13.1 Å². The van der Waals surface area contributed by atoms with Gasteiger partial charge < -0.3 is 15.1 Å². The molecule has 5 nitrogen and oxygen atoms in total. The van der Waals surface area contributed by atoms with Crippen LogP contribution in [-0.4, -0.2) is 29.0 Å². The van der Waals surface area contributed by atoms with Crippen LogP contribution in [0.15, 0.2) is 34.7 Å². The van der Waals surface area contributed by atoms with Crippen molar-refractivity contribution < 1.29 is 9.21 Å². The summed E-state index contributed by atoms with van der Waals surface area (Å²) in [7, 11) is 0. The van der Waals surface area contributed by atoms with Crippen LogP contribution >= 0.6 is 0 Å². The largest absolute Gasteiger partial charge is 0.445 e. The van der Waals surface area contributed by atoms with Gasteiger partial charge in [-0.2, -0.15) is 0 Å². The molecule has 0 radical (unpaired) electrons. The monoisotopic (exact) mass is 285 g/mol. The summed E-state index contributed by atoms with van der Waals surface area (Å²) in [5.74, 6) is 1.88. The normalized spacial score (nSPS) is 16.1. The van der Waals surface area contributed by atoms with Crippen LogP contribution in [0.4, 0.5) is 4.79 Å². The summed E-state index contributed by atoms with van der Waals surface area (Å²) in [4.78, 5) is 17.5. The third-order valence-corrected chi connectivity index (χ3v) is 4.02. The Balaban J connectivity index is 1.78. The second-order valence-corrected chi connectivity index (χ2v) is 5.42. The molecular formula is C16H19N3O2. The van der Waals surface area contributed by atoms with Gasteiger partial charge in [-0.3, -0.25) is 0 Å². The fourth-order valence-corrected chi connectivity index (χ4v) is 2.80. The van der Waals surface area contributed by atoms with Gasteiger partial charge in [0.05, 0.1) is 0 Å². The number of carbonyl (C=O) groups excluding carboxylic acids is 1. The van der Waals surface area contributed by atoms with Crippen molar-refractivity contribution in [3.8, 4) is 11.3 Å². The Morgan fingerprint density at radius 1 is 1.29 bits per heavy atom. The van der Waals surface area contributed by atoms with Crippen molar-refractivity contribution in [3.05, 3.63) is 42.0 Å². The van der Waals surface area contributed by atoms with Gasteiger partial charge in [-0.25, -0.2) is 9.78 Å². The second-order valence-electron chi connectivity index (χ2n) is 5.42. The highest BCUT2D eigenvalue weighted by Crippen LogP contribution is 2.31. The average molecular weight is 285 g/mol. The predicted octanol–water partition coefficient (Wildman–Crippen LogP) is 2.91. The van der Waals surface area contributed by atoms with Gasteiger partial charge in [-0.05, 0) is 19.8 Å². The van der Waals surface area contributed by atoms with Gasteiger partial charge in [-0.1, -0.05) is 30.3 Å². The molecule has 1 fully saturated rings. The highest BCUT2D eigenvalue weighted by atomic mass is 16.4. The van der Waals surface area contributed by atoms with Gasteiger partial charge in [-0.15, -0.1) is 0 Å². The molecule has 1 aliphatic heterocycles. The highest BCUT2D eigenvalue weighted by molar-refractivity contribution is 5.72. The molecule has 1 aromatic heterocycles. The Kier molecular flexibility index (Phi) is 3.64. The Labute approximate surface area is 123 Å². The molecule has 2 aromatic rings. The van der Waals surface area contributed by atoms with Gasteiger partial charge in [0.15, 0.2) is 5.89 Å². The van der Waals surface area contributed by atoms with E-state index in [1.54, 1.807) is 4.90 Å². The summed E-state index contributed by atoms with van der Waals surface area (Å²) >= 11 is 0. The van der Waals surface area contributed by atoms with Crippen LogP contribution in [0.3, 0.4) is 0 Å². The Morgan fingerprint density at radius 3 is 2.57 bits per heavy atom. The van der Waals surface area contributed by atoms with Gasteiger partial charge in [0.25, 0.3) is 0 Å². The minimum atomic E-state index is -0.345. The predicted molar refractivity (Wildman–Crippen MR) is 79.8 cm³/mol. The number of hydrogen-bond donors (Lipinski definition) is 1. The molecular weight excluding hydrogens is 266 g/mol.